The Morgan fingerprint density at radius 2 is 1.76 bits per heavy atom. The average molecular weight is 240 g/mol. The molecule has 0 radical (unpaired) electrons. The van der Waals surface area contributed by atoms with Crippen LogP contribution in [0.4, 0.5) is 0 Å². The maximum atomic E-state index is 3.45. The molecule has 1 fully saturated rings. The normalized spacial score (nSPS) is 18.2. The van der Waals surface area contributed by atoms with Gasteiger partial charge in [0.15, 0.2) is 0 Å². The minimum absolute atomic E-state index is 0.906. The van der Waals surface area contributed by atoms with Crippen LogP contribution in [0.2, 0.25) is 0 Å². The summed E-state index contributed by atoms with van der Waals surface area (Å²) in [6, 6.07) is 0. The lowest BCUT2D eigenvalue weighted by atomic mass is 9.94. The van der Waals surface area contributed by atoms with Crippen LogP contribution >= 0.6 is 0 Å². The zero-order valence-corrected chi connectivity index (χ0v) is 12.2. The van der Waals surface area contributed by atoms with Crippen LogP contribution in [0, 0.1) is 11.8 Å². The van der Waals surface area contributed by atoms with E-state index >= 15 is 0 Å². The highest BCUT2D eigenvalue weighted by Gasteiger charge is 2.15. The predicted molar refractivity (Wildman–Crippen MR) is 76.4 cm³/mol. The first-order valence-electron chi connectivity index (χ1n) is 7.73. The van der Waals surface area contributed by atoms with Gasteiger partial charge in [0.2, 0.25) is 0 Å². The largest absolute Gasteiger partial charge is 0.317 e. The molecule has 1 saturated heterocycles. The van der Waals surface area contributed by atoms with Crippen molar-refractivity contribution in [3.05, 3.63) is 0 Å². The minimum atomic E-state index is 0.906. The molecule has 1 heterocycles. The summed E-state index contributed by atoms with van der Waals surface area (Å²) in [5.74, 6) is 1.88. The molecule has 0 bridgehead atoms. The van der Waals surface area contributed by atoms with E-state index in [1.54, 1.807) is 0 Å². The summed E-state index contributed by atoms with van der Waals surface area (Å²) in [7, 11) is 0. The second kappa shape index (κ2) is 8.93. The van der Waals surface area contributed by atoms with Gasteiger partial charge in [-0.25, -0.2) is 0 Å². The highest BCUT2D eigenvalue weighted by Crippen LogP contribution is 2.17. The number of rotatable bonds is 8. The maximum Gasteiger partial charge on any atom is 0.000934 e. The Hall–Kier alpha value is -0.0800. The summed E-state index contributed by atoms with van der Waals surface area (Å²) < 4.78 is 0. The SMILES string of the molecule is CCC(CC)CN(CC)CCC1CCNCC1. The predicted octanol–water partition coefficient (Wildman–Crippen LogP) is 3.13. The molecule has 2 heteroatoms. The summed E-state index contributed by atoms with van der Waals surface area (Å²) in [6.45, 7) is 13.3. The molecule has 0 unspecified atom stereocenters. The summed E-state index contributed by atoms with van der Waals surface area (Å²) in [6.07, 6.45) is 6.86. The highest BCUT2D eigenvalue weighted by atomic mass is 15.1. The lowest BCUT2D eigenvalue weighted by molar-refractivity contribution is 0.208. The van der Waals surface area contributed by atoms with Crippen molar-refractivity contribution in [2.24, 2.45) is 11.8 Å². The average Bonchev–Trinajstić information content (AvgIpc) is 2.40. The number of nitrogens with one attached hydrogen (secondary N) is 1. The molecule has 0 aliphatic carbocycles. The Kier molecular flexibility index (Phi) is 7.87. The van der Waals surface area contributed by atoms with Gasteiger partial charge in [-0.3, -0.25) is 0 Å². The van der Waals surface area contributed by atoms with Gasteiger partial charge in [-0.2, -0.15) is 0 Å². The van der Waals surface area contributed by atoms with Gasteiger partial charge in [-0.15, -0.1) is 0 Å². The van der Waals surface area contributed by atoms with Gasteiger partial charge >= 0.3 is 0 Å². The van der Waals surface area contributed by atoms with Gasteiger partial charge in [0, 0.05) is 6.54 Å². The minimum Gasteiger partial charge on any atom is -0.317 e. The Morgan fingerprint density at radius 3 is 2.29 bits per heavy atom. The first-order valence-corrected chi connectivity index (χ1v) is 7.73. The number of piperidine rings is 1. The fourth-order valence-electron chi connectivity index (χ4n) is 2.83. The van der Waals surface area contributed by atoms with Crippen molar-refractivity contribution >= 4 is 0 Å². The molecular formula is C15H32N2. The summed E-state index contributed by atoms with van der Waals surface area (Å²) in [4.78, 5) is 2.67. The second-order valence-corrected chi connectivity index (χ2v) is 5.56. The lowest BCUT2D eigenvalue weighted by Crippen LogP contribution is -2.33. The second-order valence-electron chi connectivity index (χ2n) is 5.56. The van der Waals surface area contributed by atoms with E-state index in [0.29, 0.717) is 0 Å². The molecule has 1 aliphatic rings. The molecule has 0 amide bonds. The molecule has 0 aromatic heterocycles. The molecule has 0 aromatic rings. The van der Waals surface area contributed by atoms with Crippen LogP contribution in [0.15, 0.2) is 0 Å². The fraction of sp³-hybridized carbons (Fsp3) is 1.00. The third-order valence-electron chi connectivity index (χ3n) is 4.43. The van der Waals surface area contributed by atoms with Crippen molar-refractivity contribution < 1.29 is 0 Å². The number of hydrogen-bond acceptors (Lipinski definition) is 2. The van der Waals surface area contributed by atoms with Gasteiger partial charge in [0.1, 0.15) is 0 Å². The molecule has 1 aliphatic heterocycles. The van der Waals surface area contributed by atoms with Crippen LogP contribution in [0.25, 0.3) is 0 Å². The maximum absolute atomic E-state index is 3.45. The van der Waals surface area contributed by atoms with E-state index in [0.717, 1.165) is 11.8 Å². The summed E-state index contributed by atoms with van der Waals surface area (Å²) in [5, 5.41) is 3.45. The highest BCUT2D eigenvalue weighted by molar-refractivity contribution is 4.71. The molecule has 0 atom stereocenters. The fourth-order valence-corrected chi connectivity index (χ4v) is 2.83. The van der Waals surface area contributed by atoms with E-state index in [1.165, 1.54) is 64.8 Å². The van der Waals surface area contributed by atoms with Crippen molar-refractivity contribution in [2.45, 2.75) is 52.9 Å². The van der Waals surface area contributed by atoms with Gasteiger partial charge in [-0.1, -0.05) is 33.6 Å². The van der Waals surface area contributed by atoms with Crippen LogP contribution in [0.1, 0.15) is 52.9 Å². The lowest BCUT2D eigenvalue weighted by Gasteiger charge is -2.28. The third kappa shape index (κ3) is 5.87. The molecular weight excluding hydrogens is 208 g/mol. The first-order chi connectivity index (χ1) is 8.30. The van der Waals surface area contributed by atoms with E-state index < -0.39 is 0 Å². The quantitative estimate of drug-likeness (QED) is 0.701. The van der Waals surface area contributed by atoms with Crippen LogP contribution in [-0.2, 0) is 0 Å². The monoisotopic (exact) mass is 240 g/mol. The van der Waals surface area contributed by atoms with Crippen LogP contribution in [0.5, 0.6) is 0 Å². The molecule has 0 aromatic carbocycles. The van der Waals surface area contributed by atoms with E-state index in [2.05, 4.69) is 31.0 Å². The zero-order chi connectivity index (χ0) is 12.5. The molecule has 102 valence electrons. The van der Waals surface area contributed by atoms with Gasteiger partial charge in [-0.05, 0) is 57.3 Å². The Morgan fingerprint density at radius 1 is 1.12 bits per heavy atom. The molecule has 1 rings (SSSR count). The Balaban J connectivity index is 2.20. The third-order valence-corrected chi connectivity index (χ3v) is 4.43. The van der Waals surface area contributed by atoms with Crippen molar-refractivity contribution in [1.82, 2.24) is 10.2 Å². The van der Waals surface area contributed by atoms with Gasteiger partial charge in [0.05, 0.1) is 0 Å². The molecule has 0 spiro atoms. The van der Waals surface area contributed by atoms with Crippen molar-refractivity contribution in [3.8, 4) is 0 Å². The standard InChI is InChI=1S/C15H32N2/c1-4-14(5-2)13-17(6-3)12-9-15-7-10-16-11-8-15/h14-16H,4-13H2,1-3H3. The van der Waals surface area contributed by atoms with E-state index in [-0.39, 0.29) is 0 Å². The van der Waals surface area contributed by atoms with Crippen molar-refractivity contribution in [1.29, 1.82) is 0 Å². The number of hydrogen-bond donors (Lipinski definition) is 1. The smallest absolute Gasteiger partial charge is 0.000934 e. The van der Waals surface area contributed by atoms with Crippen LogP contribution in [-0.4, -0.2) is 37.6 Å². The molecule has 0 saturated carbocycles. The van der Waals surface area contributed by atoms with Gasteiger partial charge < -0.3 is 10.2 Å². The number of nitrogens with zero attached hydrogens (tertiary/aromatic N) is 1. The summed E-state index contributed by atoms with van der Waals surface area (Å²) >= 11 is 0. The summed E-state index contributed by atoms with van der Waals surface area (Å²) in [5.41, 5.74) is 0. The van der Waals surface area contributed by atoms with Crippen molar-refractivity contribution in [3.63, 3.8) is 0 Å². The molecule has 2 nitrogen and oxygen atoms in total. The van der Waals surface area contributed by atoms with Crippen LogP contribution < -0.4 is 5.32 Å². The topological polar surface area (TPSA) is 15.3 Å². The van der Waals surface area contributed by atoms with Gasteiger partial charge in [0.25, 0.3) is 0 Å². The van der Waals surface area contributed by atoms with Crippen molar-refractivity contribution in [2.75, 3.05) is 32.7 Å². The first kappa shape index (κ1) is 15.0. The molecule has 1 N–H and O–H groups in total. The van der Waals surface area contributed by atoms with Crippen LogP contribution in [0.3, 0.4) is 0 Å². The Bertz CT molecular complexity index is 172. The molecule has 17 heavy (non-hydrogen) atoms. The zero-order valence-electron chi connectivity index (χ0n) is 12.2. The van der Waals surface area contributed by atoms with E-state index in [1.807, 2.05) is 0 Å². The van der Waals surface area contributed by atoms with E-state index in [4.69, 9.17) is 0 Å². The van der Waals surface area contributed by atoms with E-state index in [9.17, 15) is 0 Å². The Labute approximate surface area is 108 Å².